The molecule has 1 fully saturated rings. The van der Waals surface area contributed by atoms with Crippen molar-refractivity contribution in [2.75, 3.05) is 7.11 Å². The lowest BCUT2D eigenvalue weighted by molar-refractivity contribution is -0.131. The van der Waals surface area contributed by atoms with Crippen molar-refractivity contribution >= 4 is 22.8 Å². The molecule has 1 aliphatic carbocycles. The van der Waals surface area contributed by atoms with Crippen molar-refractivity contribution in [1.82, 2.24) is 4.98 Å². The Morgan fingerprint density at radius 1 is 1.12 bits per heavy atom. The molecule has 0 bridgehead atoms. The maximum absolute atomic E-state index is 11.7. The van der Waals surface area contributed by atoms with Crippen LogP contribution in [-0.2, 0) is 9.53 Å². The van der Waals surface area contributed by atoms with Crippen LogP contribution >= 0.6 is 0 Å². The van der Waals surface area contributed by atoms with Gasteiger partial charge in [0, 0.05) is 24.4 Å². The zero-order chi connectivity index (χ0) is 17.1. The zero-order valence-electron chi connectivity index (χ0n) is 13.9. The van der Waals surface area contributed by atoms with Gasteiger partial charge in [-0.3, -0.25) is 4.79 Å². The number of ether oxygens (including phenoxy) is 3. The fraction of sp³-hybridized carbons (Fsp3) is 0.444. The Balaban J connectivity index is 1.97. The van der Waals surface area contributed by atoms with Gasteiger partial charge < -0.3 is 19.2 Å². The van der Waals surface area contributed by atoms with E-state index in [0.29, 0.717) is 28.1 Å². The summed E-state index contributed by atoms with van der Waals surface area (Å²) in [5.74, 6) is 0.0998. The highest BCUT2D eigenvalue weighted by molar-refractivity contribution is 5.98. The van der Waals surface area contributed by atoms with Crippen LogP contribution in [0.2, 0.25) is 0 Å². The van der Waals surface area contributed by atoms with Crippen molar-refractivity contribution in [1.29, 1.82) is 0 Å². The lowest BCUT2D eigenvalue weighted by Gasteiger charge is -2.23. The van der Waals surface area contributed by atoms with Crippen LogP contribution in [0.4, 0.5) is 0 Å². The molecule has 128 valence electrons. The monoisotopic (exact) mass is 331 g/mol. The summed E-state index contributed by atoms with van der Waals surface area (Å²) in [6.45, 7) is 1.34. The zero-order valence-corrected chi connectivity index (χ0v) is 13.9. The second-order valence-electron chi connectivity index (χ2n) is 6.03. The Morgan fingerprint density at radius 3 is 2.54 bits per heavy atom. The van der Waals surface area contributed by atoms with Gasteiger partial charge >= 0.3 is 11.9 Å². The number of esters is 2. The minimum Gasteiger partial charge on any atom is -0.490 e. The number of rotatable bonds is 4. The van der Waals surface area contributed by atoms with Crippen LogP contribution in [0.15, 0.2) is 18.2 Å². The van der Waals surface area contributed by atoms with Gasteiger partial charge in [0.15, 0.2) is 0 Å². The quantitative estimate of drug-likeness (QED) is 0.684. The molecule has 1 aromatic carbocycles. The summed E-state index contributed by atoms with van der Waals surface area (Å²) >= 11 is 0. The SMILES string of the molecule is COC(=O)c1cc2c(OC(C)=O)cc(OC3CCCCC3)cc2[nH]1. The van der Waals surface area contributed by atoms with Gasteiger partial charge in [0.1, 0.15) is 17.2 Å². The summed E-state index contributed by atoms with van der Waals surface area (Å²) in [7, 11) is 1.32. The first-order valence-corrected chi connectivity index (χ1v) is 8.17. The molecule has 1 heterocycles. The molecule has 1 aromatic heterocycles. The van der Waals surface area contributed by atoms with Crippen molar-refractivity contribution in [3.63, 3.8) is 0 Å². The average Bonchev–Trinajstić information content (AvgIpc) is 2.99. The van der Waals surface area contributed by atoms with Crippen LogP contribution in [0.3, 0.4) is 0 Å². The summed E-state index contributed by atoms with van der Waals surface area (Å²) in [4.78, 5) is 26.1. The second-order valence-corrected chi connectivity index (χ2v) is 6.03. The molecule has 0 amide bonds. The fourth-order valence-electron chi connectivity index (χ4n) is 3.08. The topological polar surface area (TPSA) is 77.6 Å². The minimum atomic E-state index is -0.477. The second kappa shape index (κ2) is 6.95. The molecule has 6 heteroatoms. The number of aromatic nitrogens is 1. The Bertz CT molecular complexity index is 758. The van der Waals surface area contributed by atoms with Crippen LogP contribution in [-0.4, -0.2) is 30.1 Å². The van der Waals surface area contributed by atoms with E-state index in [-0.39, 0.29) is 6.10 Å². The van der Waals surface area contributed by atoms with Crippen molar-refractivity contribution in [2.24, 2.45) is 0 Å². The molecule has 1 N–H and O–H groups in total. The summed E-state index contributed by atoms with van der Waals surface area (Å²) in [5.41, 5.74) is 0.968. The van der Waals surface area contributed by atoms with Crippen LogP contribution < -0.4 is 9.47 Å². The first-order valence-electron chi connectivity index (χ1n) is 8.17. The van der Waals surface area contributed by atoms with E-state index in [1.165, 1.54) is 33.3 Å². The number of benzene rings is 1. The Labute approximate surface area is 140 Å². The molecular formula is C18H21NO5. The van der Waals surface area contributed by atoms with Gasteiger partial charge in [-0.15, -0.1) is 0 Å². The van der Waals surface area contributed by atoms with Gasteiger partial charge in [0.25, 0.3) is 0 Å². The van der Waals surface area contributed by atoms with E-state index in [1.54, 1.807) is 12.1 Å². The predicted molar refractivity (Wildman–Crippen MR) is 88.4 cm³/mol. The number of hydrogen-bond donors (Lipinski definition) is 1. The van der Waals surface area contributed by atoms with Gasteiger partial charge in [-0.2, -0.15) is 0 Å². The molecule has 0 radical (unpaired) electrons. The van der Waals surface area contributed by atoms with Crippen molar-refractivity contribution in [3.05, 3.63) is 23.9 Å². The third kappa shape index (κ3) is 3.53. The molecular weight excluding hydrogens is 310 g/mol. The third-order valence-corrected chi connectivity index (χ3v) is 4.19. The number of fused-ring (bicyclic) bond motifs is 1. The Morgan fingerprint density at radius 2 is 1.88 bits per heavy atom. The van der Waals surface area contributed by atoms with Gasteiger partial charge in [-0.1, -0.05) is 6.42 Å². The minimum absolute atomic E-state index is 0.177. The molecule has 0 unspecified atom stereocenters. The molecule has 1 saturated carbocycles. The number of nitrogens with one attached hydrogen (secondary N) is 1. The van der Waals surface area contributed by atoms with E-state index >= 15 is 0 Å². The van der Waals surface area contributed by atoms with E-state index in [9.17, 15) is 9.59 Å². The van der Waals surface area contributed by atoms with Gasteiger partial charge in [-0.25, -0.2) is 4.79 Å². The number of carbonyl (C=O) groups is 2. The summed E-state index contributed by atoms with van der Waals surface area (Å²) in [6.07, 6.45) is 5.81. The molecule has 3 rings (SSSR count). The lowest BCUT2D eigenvalue weighted by atomic mass is 9.98. The highest BCUT2D eigenvalue weighted by Gasteiger charge is 2.19. The Kier molecular flexibility index (Phi) is 4.74. The highest BCUT2D eigenvalue weighted by Crippen LogP contribution is 2.34. The van der Waals surface area contributed by atoms with Crippen molar-refractivity contribution in [3.8, 4) is 11.5 Å². The van der Waals surface area contributed by atoms with Crippen LogP contribution in [0, 0.1) is 0 Å². The highest BCUT2D eigenvalue weighted by atomic mass is 16.5. The van der Waals surface area contributed by atoms with Crippen molar-refractivity contribution in [2.45, 2.75) is 45.1 Å². The number of methoxy groups -OCH3 is 1. The molecule has 0 spiro atoms. The van der Waals surface area contributed by atoms with E-state index in [2.05, 4.69) is 4.98 Å². The summed E-state index contributed by atoms with van der Waals surface area (Å²) in [6, 6.07) is 5.14. The predicted octanol–water partition coefficient (Wildman–Crippen LogP) is 3.59. The lowest BCUT2D eigenvalue weighted by Crippen LogP contribution is -2.19. The number of aromatic amines is 1. The van der Waals surface area contributed by atoms with Gasteiger partial charge in [0.05, 0.1) is 18.7 Å². The van der Waals surface area contributed by atoms with E-state index in [4.69, 9.17) is 14.2 Å². The van der Waals surface area contributed by atoms with Crippen LogP contribution in [0.1, 0.15) is 49.5 Å². The smallest absolute Gasteiger partial charge is 0.354 e. The molecule has 24 heavy (non-hydrogen) atoms. The first kappa shape index (κ1) is 16.4. The van der Waals surface area contributed by atoms with E-state index in [1.807, 2.05) is 6.07 Å². The molecule has 0 aliphatic heterocycles. The van der Waals surface area contributed by atoms with Gasteiger partial charge in [0.2, 0.25) is 0 Å². The third-order valence-electron chi connectivity index (χ3n) is 4.19. The van der Waals surface area contributed by atoms with Gasteiger partial charge in [-0.05, 0) is 31.7 Å². The van der Waals surface area contributed by atoms with Crippen LogP contribution in [0.25, 0.3) is 10.9 Å². The van der Waals surface area contributed by atoms with Crippen molar-refractivity contribution < 1.29 is 23.8 Å². The first-order chi connectivity index (χ1) is 11.6. The normalized spacial score (nSPS) is 15.2. The maximum atomic E-state index is 11.7. The largest absolute Gasteiger partial charge is 0.490 e. The molecule has 2 aromatic rings. The maximum Gasteiger partial charge on any atom is 0.354 e. The Hall–Kier alpha value is -2.50. The number of H-pyrrole nitrogens is 1. The van der Waals surface area contributed by atoms with E-state index < -0.39 is 11.9 Å². The number of hydrogen-bond acceptors (Lipinski definition) is 5. The number of carbonyl (C=O) groups excluding carboxylic acids is 2. The molecule has 0 atom stereocenters. The fourth-order valence-corrected chi connectivity index (χ4v) is 3.08. The molecule has 0 saturated heterocycles. The molecule has 6 nitrogen and oxygen atoms in total. The molecule has 1 aliphatic rings. The summed E-state index contributed by atoms with van der Waals surface area (Å²) < 4.78 is 16.1. The summed E-state index contributed by atoms with van der Waals surface area (Å²) in [5, 5.41) is 0.640. The van der Waals surface area contributed by atoms with E-state index in [0.717, 1.165) is 12.8 Å². The average molecular weight is 331 g/mol. The standard InChI is InChI=1S/C18H21NO5/c1-11(20)23-17-9-13(24-12-6-4-3-5-7-12)8-15-14(17)10-16(19-15)18(21)22-2/h8-10,12,19H,3-7H2,1-2H3. The van der Waals surface area contributed by atoms with Crippen LogP contribution in [0.5, 0.6) is 11.5 Å².